The molecular weight excluding hydrogens is 372 g/mol. The van der Waals surface area contributed by atoms with Crippen molar-refractivity contribution in [2.45, 2.75) is 0 Å². The first kappa shape index (κ1) is 13.0. The van der Waals surface area contributed by atoms with Crippen LogP contribution >= 0.6 is 34.2 Å². The quantitative estimate of drug-likeness (QED) is 0.465. The van der Waals surface area contributed by atoms with Gasteiger partial charge < -0.3 is 4.74 Å². The monoisotopic (exact) mass is 377 g/mol. The number of nitrogens with zero attached hydrogens (tertiary/aromatic N) is 3. The fourth-order valence-electron chi connectivity index (χ4n) is 1.17. The highest BCUT2D eigenvalue weighted by molar-refractivity contribution is 14.1. The third kappa shape index (κ3) is 3.05. The summed E-state index contributed by atoms with van der Waals surface area (Å²) < 4.78 is 6.09. The Morgan fingerprint density at radius 1 is 1.33 bits per heavy atom. The van der Waals surface area contributed by atoms with E-state index in [-0.39, 0.29) is 22.5 Å². The topological polar surface area (TPSA) is 78.2 Å². The number of hydrogen-bond acceptors (Lipinski definition) is 5. The summed E-state index contributed by atoms with van der Waals surface area (Å²) in [4.78, 5) is 18.1. The Balaban J connectivity index is 2.34. The van der Waals surface area contributed by atoms with Crippen LogP contribution in [0.3, 0.4) is 0 Å². The van der Waals surface area contributed by atoms with Crippen molar-refractivity contribution < 1.29 is 9.66 Å². The van der Waals surface area contributed by atoms with Crippen LogP contribution in [0.5, 0.6) is 11.8 Å². The zero-order valence-corrected chi connectivity index (χ0v) is 11.6. The number of benzene rings is 1. The fourth-order valence-corrected chi connectivity index (χ4v) is 1.62. The van der Waals surface area contributed by atoms with Crippen molar-refractivity contribution in [3.63, 3.8) is 0 Å². The van der Waals surface area contributed by atoms with Gasteiger partial charge in [-0.05, 0) is 34.7 Å². The molecule has 0 aliphatic rings. The van der Waals surface area contributed by atoms with E-state index in [9.17, 15) is 10.1 Å². The maximum absolute atomic E-state index is 10.8. The molecular formula is C10H5ClIN3O3. The number of nitro benzene ring substituents is 1. The zero-order chi connectivity index (χ0) is 13.1. The molecule has 18 heavy (non-hydrogen) atoms. The summed E-state index contributed by atoms with van der Waals surface area (Å²) in [6.07, 6.45) is 3.09. The smallest absolute Gasteiger partial charge is 0.322 e. The summed E-state index contributed by atoms with van der Waals surface area (Å²) in [6, 6.07) is 4.16. The molecule has 0 spiro atoms. The molecule has 1 aromatic carbocycles. The van der Waals surface area contributed by atoms with Gasteiger partial charge in [0.2, 0.25) is 5.75 Å². The number of rotatable bonds is 3. The van der Waals surface area contributed by atoms with Gasteiger partial charge in [-0.25, -0.2) is 9.97 Å². The summed E-state index contributed by atoms with van der Waals surface area (Å²) in [7, 11) is 0. The largest absolute Gasteiger partial charge is 0.417 e. The lowest BCUT2D eigenvalue weighted by atomic mass is 10.3. The van der Waals surface area contributed by atoms with Gasteiger partial charge in [0, 0.05) is 27.1 Å². The van der Waals surface area contributed by atoms with E-state index in [1.165, 1.54) is 18.2 Å². The molecule has 0 amide bonds. The lowest BCUT2D eigenvalue weighted by molar-refractivity contribution is -0.385. The van der Waals surface area contributed by atoms with E-state index in [1.54, 1.807) is 12.4 Å². The van der Waals surface area contributed by atoms with Gasteiger partial charge in [-0.1, -0.05) is 11.6 Å². The Morgan fingerprint density at radius 3 is 2.61 bits per heavy atom. The minimum absolute atomic E-state index is 0.0424. The van der Waals surface area contributed by atoms with Crippen LogP contribution in [0.15, 0.2) is 30.6 Å². The molecule has 1 aromatic heterocycles. The summed E-state index contributed by atoms with van der Waals surface area (Å²) in [5, 5.41) is 11.1. The first-order valence-electron chi connectivity index (χ1n) is 4.65. The van der Waals surface area contributed by atoms with Gasteiger partial charge in [-0.15, -0.1) is 0 Å². The molecule has 2 rings (SSSR count). The zero-order valence-electron chi connectivity index (χ0n) is 8.71. The molecule has 0 radical (unpaired) electrons. The highest BCUT2D eigenvalue weighted by atomic mass is 127. The van der Waals surface area contributed by atoms with Gasteiger partial charge in [0.25, 0.3) is 0 Å². The Bertz CT molecular complexity index is 591. The first-order chi connectivity index (χ1) is 8.56. The van der Waals surface area contributed by atoms with Gasteiger partial charge in [0.1, 0.15) is 0 Å². The van der Waals surface area contributed by atoms with Crippen LogP contribution < -0.4 is 4.74 Å². The van der Waals surface area contributed by atoms with E-state index in [0.29, 0.717) is 0 Å². The van der Waals surface area contributed by atoms with Crippen LogP contribution in [0.2, 0.25) is 5.02 Å². The lowest BCUT2D eigenvalue weighted by Crippen LogP contribution is -1.96. The van der Waals surface area contributed by atoms with Crippen molar-refractivity contribution in [3.8, 4) is 11.8 Å². The van der Waals surface area contributed by atoms with Gasteiger partial charge >= 0.3 is 11.7 Å². The minimum Gasteiger partial charge on any atom is -0.417 e. The van der Waals surface area contributed by atoms with Crippen molar-refractivity contribution in [1.29, 1.82) is 0 Å². The molecule has 0 saturated heterocycles. The Labute approximate surface area is 120 Å². The Hall–Kier alpha value is -1.48. The normalized spacial score (nSPS) is 10.1. The first-order valence-corrected chi connectivity index (χ1v) is 6.11. The molecule has 0 unspecified atom stereocenters. The molecule has 2 aromatic rings. The minimum atomic E-state index is -0.575. The average molecular weight is 378 g/mol. The van der Waals surface area contributed by atoms with E-state index in [2.05, 4.69) is 9.97 Å². The fraction of sp³-hybridized carbons (Fsp3) is 0. The highest BCUT2D eigenvalue weighted by Gasteiger charge is 2.17. The van der Waals surface area contributed by atoms with Crippen LogP contribution in [0.4, 0.5) is 5.69 Å². The van der Waals surface area contributed by atoms with Crippen molar-refractivity contribution in [3.05, 3.63) is 49.3 Å². The number of hydrogen-bond donors (Lipinski definition) is 0. The molecule has 0 saturated carbocycles. The van der Waals surface area contributed by atoms with E-state index in [4.69, 9.17) is 16.3 Å². The van der Waals surface area contributed by atoms with E-state index >= 15 is 0 Å². The predicted octanol–water partition coefficient (Wildman–Crippen LogP) is 3.44. The number of halogens is 2. The highest BCUT2D eigenvalue weighted by Crippen LogP contribution is 2.32. The number of nitro groups is 1. The third-order valence-electron chi connectivity index (χ3n) is 1.92. The van der Waals surface area contributed by atoms with E-state index in [0.717, 1.165) is 3.57 Å². The van der Waals surface area contributed by atoms with E-state index < -0.39 is 4.92 Å². The van der Waals surface area contributed by atoms with Crippen LogP contribution in [-0.2, 0) is 0 Å². The second-order valence-electron chi connectivity index (χ2n) is 3.16. The van der Waals surface area contributed by atoms with Crippen LogP contribution in [-0.4, -0.2) is 14.9 Å². The standard InChI is InChI=1S/C10H5ClIN3O3/c11-6-1-2-9(8(3-6)15(16)17)18-10-13-4-7(12)5-14-10/h1-5H. The van der Waals surface area contributed by atoms with Crippen molar-refractivity contribution in [1.82, 2.24) is 9.97 Å². The molecule has 92 valence electrons. The summed E-state index contributed by atoms with van der Waals surface area (Å²) >= 11 is 7.74. The molecule has 0 bridgehead atoms. The van der Waals surface area contributed by atoms with Crippen LogP contribution in [0, 0.1) is 13.7 Å². The van der Waals surface area contributed by atoms with Crippen molar-refractivity contribution in [2.24, 2.45) is 0 Å². The van der Waals surface area contributed by atoms with E-state index in [1.807, 2.05) is 22.6 Å². The van der Waals surface area contributed by atoms with Gasteiger partial charge in [-0.3, -0.25) is 10.1 Å². The van der Waals surface area contributed by atoms with Gasteiger partial charge in [-0.2, -0.15) is 0 Å². The Morgan fingerprint density at radius 2 is 2.00 bits per heavy atom. The van der Waals surface area contributed by atoms with Crippen LogP contribution in [0.1, 0.15) is 0 Å². The van der Waals surface area contributed by atoms with Gasteiger partial charge in [0.15, 0.2) is 0 Å². The molecule has 8 heteroatoms. The predicted molar refractivity (Wildman–Crippen MR) is 72.9 cm³/mol. The number of aromatic nitrogens is 2. The molecule has 0 aliphatic carbocycles. The van der Waals surface area contributed by atoms with Gasteiger partial charge in [0.05, 0.1) is 4.92 Å². The maximum atomic E-state index is 10.8. The number of ether oxygens (including phenoxy) is 1. The Kier molecular flexibility index (Phi) is 3.92. The van der Waals surface area contributed by atoms with Crippen molar-refractivity contribution >= 4 is 39.9 Å². The molecule has 0 aliphatic heterocycles. The second-order valence-corrected chi connectivity index (χ2v) is 4.84. The molecule has 6 nitrogen and oxygen atoms in total. The lowest BCUT2D eigenvalue weighted by Gasteiger charge is -2.04. The van der Waals surface area contributed by atoms with Crippen molar-refractivity contribution in [2.75, 3.05) is 0 Å². The second kappa shape index (κ2) is 5.44. The maximum Gasteiger partial charge on any atom is 0.322 e. The molecule has 0 atom stereocenters. The molecule has 1 heterocycles. The average Bonchev–Trinajstić information content (AvgIpc) is 2.34. The van der Waals surface area contributed by atoms with Crippen LogP contribution in [0.25, 0.3) is 0 Å². The molecule has 0 fully saturated rings. The summed E-state index contributed by atoms with van der Waals surface area (Å²) in [6.45, 7) is 0. The third-order valence-corrected chi connectivity index (χ3v) is 2.71. The molecule has 0 N–H and O–H groups in total. The summed E-state index contributed by atoms with van der Waals surface area (Å²) in [5.74, 6) is 0.0469. The summed E-state index contributed by atoms with van der Waals surface area (Å²) in [5.41, 5.74) is -0.232. The SMILES string of the molecule is O=[N+]([O-])c1cc(Cl)ccc1Oc1ncc(I)cn1.